The van der Waals surface area contributed by atoms with Gasteiger partial charge in [0.25, 0.3) is 11.8 Å². The highest BCUT2D eigenvalue weighted by Gasteiger charge is 2.16. The zero-order valence-corrected chi connectivity index (χ0v) is 22.0. The third-order valence-corrected chi connectivity index (χ3v) is 5.86. The number of anilines is 1. The first kappa shape index (κ1) is 27.5. The molecule has 0 heterocycles. The molecular weight excluding hydrogens is 488 g/mol. The molecular formula is C29H31ClN4O3. The number of rotatable bonds is 11. The molecule has 0 saturated heterocycles. The summed E-state index contributed by atoms with van der Waals surface area (Å²) in [5.41, 5.74) is 5.30. The predicted molar refractivity (Wildman–Crippen MR) is 150 cm³/mol. The van der Waals surface area contributed by atoms with E-state index >= 15 is 0 Å². The van der Waals surface area contributed by atoms with E-state index in [0.29, 0.717) is 17.9 Å². The van der Waals surface area contributed by atoms with E-state index < -0.39 is 11.8 Å². The molecule has 192 valence electrons. The highest BCUT2D eigenvalue weighted by molar-refractivity contribution is 6.34. The Morgan fingerprint density at radius 2 is 1.62 bits per heavy atom. The van der Waals surface area contributed by atoms with E-state index in [1.54, 1.807) is 30.3 Å². The van der Waals surface area contributed by atoms with Crippen LogP contribution in [0.15, 0.2) is 83.6 Å². The van der Waals surface area contributed by atoms with E-state index in [-0.39, 0.29) is 16.3 Å². The first-order valence-electron chi connectivity index (χ1n) is 12.1. The van der Waals surface area contributed by atoms with Crippen LogP contribution < -0.4 is 20.4 Å². The number of carbonyl (C=O) groups excluding carboxylic acids is 2. The van der Waals surface area contributed by atoms with Gasteiger partial charge in [-0.15, -0.1) is 0 Å². The summed E-state index contributed by atoms with van der Waals surface area (Å²) in [7, 11) is 0. The van der Waals surface area contributed by atoms with Crippen molar-refractivity contribution in [1.82, 2.24) is 10.7 Å². The number of halogens is 1. The van der Waals surface area contributed by atoms with Crippen molar-refractivity contribution < 1.29 is 14.3 Å². The van der Waals surface area contributed by atoms with Crippen molar-refractivity contribution in [2.75, 3.05) is 24.6 Å². The Morgan fingerprint density at radius 1 is 0.946 bits per heavy atom. The van der Waals surface area contributed by atoms with Crippen molar-refractivity contribution in [1.29, 1.82) is 0 Å². The van der Waals surface area contributed by atoms with Crippen molar-refractivity contribution in [3.8, 4) is 5.75 Å². The fraction of sp³-hybridized carbons (Fsp3) is 0.207. The molecule has 7 nitrogen and oxygen atoms in total. The average molecular weight is 519 g/mol. The van der Waals surface area contributed by atoms with Crippen LogP contribution in [0.25, 0.3) is 6.08 Å². The summed E-state index contributed by atoms with van der Waals surface area (Å²) < 4.78 is 5.59. The molecule has 0 bridgehead atoms. The predicted octanol–water partition coefficient (Wildman–Crippen LogP) is 5.51. The van der Waals surface area contributed by atoms with Gasteiger partial charge in [0, 0.05) is 24.3 Å². The SMILES string of the molecule is CCOc1ccccc1C=NNC(=O)C(=Cc1ccc(N(CC)CC)cc1)NC(=O)c1ccccc1Cl. The summed E-state index contributed by atoms with van der Waals surface area (Å²) in [5, 5.41) is 7.04. The van der Waals surface area contributed by atoms with Gasteiger partial charge in [0.1, 0.15) is 11.4 Å². The number of amides is 2. The number of benzene rings is 3. The molecule has 0 atom stereocenters. The molecule has 0 radical (unpaired) electrons. The molecule has 0 fully saturated rings. The Labute approximate surface area is 222 Å². The van der Waals surface area contributed by atoms with E-state index in [4.69, 9.17) is 16.3 Å². The fourth-order valence-corrected chi connectivity index (χ4v) is 3.85. The van der Waals surface area contributed by atoms with Crippen molar-refractivity contribution in [3.05, 3.63) is 100 Å². The fourth-order valence-electron chi connectivity index (χ4n) is 3.62. The van der Waals surface area contributed by atoms with Gasteiger partial charge in [-0.25, -0.2) is 5.43 Å². The standard InChI is InChI=1S/C29H31ClN4O3/c1-4-34(5-2)23-17-15-21(16-18-23)19-26(32-28(35)24-12-8-9-13-25(24)30)29(36)33-31-20-22-11-7-10-14-27(22)37-6-3/h7-20H,4-6H2,1-3H3,(H,32,35)(H,33,36). The summed E-state index contributed by atoms with van der Waals surface area (Å²) in [6.45, 7) is 8.36. The molecule has 3 aromatic rings. The van der Waals surface area contributed by atoms with Gasteiger partial charge in [-0.3, -0.25) is 9.59 Å². The van der Waals surface area contributed by atoms with Crippen LogP contribution in [0.3, 0.4) is 0 Å². The Balaban J connectivity index is 1.85. The van der Waals surface area contributed by atoms with Crippen molar-refractivity contribution in [2.24, 2.45) is 5.10 Å². The van der Waals surface area contributed by atoms with Gasteiger partial charge >= 0.3 is 0 Å². The lowest BCUT2D eigenvalue weighted by molar-refractivity contribution is -0.117. The first-order chi connectivity index (χ1) is 18.0. The molecule has 3 rings (SSSR count). The maximum absolute atomic E-state index is 13.1. The summed E-state index contributed by atoms with van der Waals surface area (Å²) >= 11 is 6.19. The molecule has 8 heteroatoms. The number of hydrazone groups is 1. The average Bonchev–Trinajstić information content (AvgIpc) is 2.91. The van der Waals surface area contributed by atoms with Crippen LogP contribution in [0.4, 0.5) is 5.69 Å². The monoisotopic (exact) mass is 518 g/mol. The summed E-state index contributed by atoms with van der Waals surface area (Å²) in [6, 6.07) is 21.7. The Bertz CT molecular complexity index is 1270. The summed E-state index contributed by atoms with van der Waals surface area (Å²) in [4.78, 5) is 28.2. The molecule has 0 aromatic heterocycles. The summed E-state index contributed by atoms with van der Waals surface area (Å²) in [5.74, 6) is -0.435. The van der Waals surface area contributed by atoms with E-state index in [9.17, 15) is 9.59 Å². The quantitative estimate of drug-likeness (QED) is 0.199. The lowest BCUT2D eigenvalue weighted by Crippen LogP contribution is -2.33. The molecule has 0 aliphatic heterocycles. The number of carbonyl (C=O) groups is 2. The van der Waals surface area contributed by atoms with Gasteiger partial charge in [0.05, 0.1) is 23.4 Å². The second-order valence-electron chi connectivity index (χ2n) is 7.93. The van der Waals surface area contributed by atoms with Crippen LogP contribution >= 0.6 is 11.6 Å². The van der Waals surface area contributed by atoms with Gasteiger partial charge in [-0.05, 0) is 68.8 Å². The second kappa shape index (κ2) is 13.8. The van der Waals surface area contributed by atoms with Gasteiger partial charge in [0.15, 0.2) is 0 Å². The second-order valence-corrected chi connectivity index (χ2v) is 8.33. The van der Waals surface area contributed by atoms with E-state index in [1.807, 2.05) is 55.5 Å². The van der Waals surface area contributed by atoms with Crippen molar-refractivity contribution in [2.45, 2.75) is 20.8 Å². The smallest absolute Gasteiger partial charge is 0.287 e. The number of hydrogen-bond donors (Lipinski definition) is 2. The Hall–Kier alpha value is -4.10. The van der Waals surface area contributed by atoms with Crippen LogP contribution in [-0.2, 0) is 4.79 Å². The number of nitrogens with zero attached hydrogens (tertiary/aromatic N) is 2. The topological polar surface area (TPSA) is 83.0 Å². The van der Waals surface area contributed by atoms with Crippen molar-refractivity contribution >= 4 is 41.4 Å². The normalized spacial score (nSPS) is 11.3. The zero-order chi connectivity index (χ0) is 26.6. The Morgan fingerprint density at radius 3 is 2.30 bits per heavy atom. The zero-order valence-electron chi connectivity index (χ0n) is 21.2. The lowest BCUT2D eigenvalue weighted by Gasteiger charge is -2.21. The minimum atomic E-state index is -0.585. The van der Waals surface area contributed by atoms with E-state index in [2.05, 4.69) is 34.6 Å². The highest BCUT2D eigenvalue weighted by atomic mass is 35.5. The first-order valence-corrected chi connectivity index (χ1v) is 12.5. The van der Waals surface area contributed by atoms with Gasteiger partial charge in [0.2, 0.25) is 0 Å². The molecule has 0 spiro atoms. The lowest BCUT2D eigenvalue weighted by atomic mass is 10.1. The largest absolute Gasteiger partial charge is 0.493 e. The summed E-state index contributed by atoms with van der Waals surface area (Å²) in [6.07, 6.45) is 3.09. The van der Waals surface area contributed by atoms with Crippen LogP contribution in [0, 0.1) is 0 Å². The molecule has 0 unspecified atom stereocenters. The molecule has 2 N–H and O–H groups in total. The molecule has 0 aliphatic rings. The molecule has 0 aliphatic carbocycles. The molecule has 2 amide bonds. The van der Waals surface area contributed by atoms with E-state index in [1.165, 1.54) is 6.21 Å². The molecule has 0 saturated carbocycles. The van der Waals surface area contributed by atoms with Crippen LogP contribution in [0.1, 0.15) is 42.3 Å². The Kier molecular flexibility index (Phi) is 10.3. The maximum atomic E-state index is 13.1. The van der Waals surface area contributed by atoms with Crippen LogP contribution in [-0.4, -0.2) is 37.7 Å². The highest BCUT2D eigenvalue weighted by Crippen LogP contribution is 2.19. The van der Waals surface area contributed by atoms with Crippen molar-refractivity contribution in [3.63, 3.8) is 0 Å². The maximum Gasteiger partial charge on any atom is 0.287 e. The molecule has 3 aromatic carbocycles. The van der Waals surface area contributed by atoms with E-state index in [0.717, 1.165) is 24.3 Å². The number of hydrogen-bond acceptors (Lipinski definition) is 5. The van der Waals surface area contributed by atoms with Gasteiger partial charge in [-0.1, -0.05) is 48.0 Å². The molecule has 37 heavy (non-hydrogen) atoms. The third-order valence-electron chi connectivity index (χ3n) is 5.53. The van der Waals surface area contributed by atoms with Gasteiger partial charge < -0.3 is 15.0 Å². The minimum absolute atomic E-state index is 0.0238. The van der Waals surface area contributed by atoms with Crippen LogP contribution in [0.5, 0.6) is 5.75 Å². The van der Waals surface area contributed by atoms with Crippen LogP contribution in [0.2, 0.25) is 5.02 Å². The minimum Gasteiger partial charge on any atom is -0.493 e. The third kappa shape index (κ3) is 7.69. The van der Waals surface area contributed by atoms with Gasteiger partial charge in [-0.2, -0.15) is 5.10 Å². The number of nitrogens with one attached hydrogen (secondary N) is 2. The number of ether oxygens (including phenoxy) is 1. The number of para-hydroxylation sites is 1.